The number of hydrogen-bond donors (Lipinski definition) is 1. The number of fused-ring (bicyclic) bond motifs is 1. The van der Waals surface area contributed by atoms with E-state index in [4.69, 9.17) is 11.6 Å². The monoisotopic (exact) mass is 352 g/mol. The Balaban J connectivity index is 1.75. The van der Waals surface area contributed by atoms with Gasteiger partial charge in [-0.1, -0.05) is 35.9 Å². The molecule has 1 N–H and O–H groups in total. The lowest BCUT2D eigenvalue weighted by molar-refractivity contribution is 0.628. The van der Waals surface area contributed by atoms with Gasteiger partial charge in [-0.05, 0) is 35.9 Å². The molecule has 4 aromatic rings. The molecule has 2 heterocycles. The van der Waals surface area contributed by atoms with Crippen LogP contribution in [-0.2, 0) is 6.54 Å². The highest BCUT2D eigenvalue weighted by molar-refractivity contribution is 6.30. The van der Waals surface area contributed by atoms with Gasteiger partial charge in [0.25, 0.3) is 0 Å². The number of aromatic nitrogens is 3. The zero-order chi connectivity index (χ0) is 17.2. The van der Waals surface area contributed by atoms with Gasteiger partial charge in [0, 0.05) is 29.5 Å². The Hall–Kier alpha value is -2.92. The van der Waals surface area contributed by atoms with Crippen molar-refractivity contribution in [2.45, 2.75) is 6.54 Å². The van der Waals surface area contributed by atoms with E-state index in [2.05, 4.69) is 15.3 Å². The van der Waals surface area contributed by atoms with Crippen molar-refractivity contribution >= 4 is 23.2 Å². The minimum atomic E-state index is -0.300. The highest BCUT2D eigenvalue weighted by Crippen LogP contribution is 2.29. The Kier molecular flexibility index (Phi) is 4.07. The number of benzene rings is 2. The molecule has 0 aliphatic rings. The van der Waals surface area contributed by atoms with Gasteiger partial charge < -0.3 is 5.32 Å². The molecule has 4 rings (SSSR count). The van der Waals surface area contributed by atoms with E-state index in [1.54, 1.807) is 12.3 Å². The van der Waals surface area contributed by atoms with Crippen LogP contribution in [0.1, 0.15) is 5.56 Å². The highest BCUT2D eigenvalue weighted by atomic mass is 35.5. The van der Waals surface area contributed by atoms with Crippen LogP contribution in [0.25, 0.3) is 17.0 Å². The molecular weight excluding hydrogens is 339 g/mol. The molecule has 0 fully saturated rings. The van der Waals surface area contributed by atoms with E-state index in [0.717, 1.165) is 11.4 Å². The van der Waals surface area contributed by atoms with Crippen molar-refractivity contribution in [1.29, 1.82) is 0 Å². The topological polar surface area (TPSA) is 42.2 Å². The van der Waals surface area contributed by atoms with Crippen molar-refractivity contribution in [3.63, 3.8) is 0 Å². The molecule has 0 aliphatic carbocycles. The van der Waals surface area contributed by atoms with Crippen molar-refractivity contribution in [2.75, 3.05) is 5.32 Å². The van der Waals surface area contributed by atoms with Crippen molar-refractivity contribution in [3.05, 3.63) is 83.4 Å². The highest BCUT2D eigenvalue weighted by Gasteiger charge is 2.15. The molecule has 0 unspecified atom stereocenters. The predicted octanol–water partition coefficient (Wildman–Crippen LogP) is 4.80. The molecule has 2 aromatic carbocycles. The van der Waals surface area contributed by atoms with E-state index < -0.39 is 0 Å². The molecule has 25 heavy (non-hydrogen) atoms. The van der Waals surface area contributed by atoms with Gasteiger partial charge in [0.05, 0.1) is 0 Å². The van der Waals surface area contributed by atoms with E-state index in [1.807, 2.05) is 47.0 Å². The number of nitrogens with zero attached hydrogens (tertiary/aromatic N) is 3. The van der Waals surface area contributed by atoms with Crippen LogP contribution in [0.2, 0.25) is 5.02 Å². The number of imidazole rings is 1. The molecule has 0 saturated heterocycles. The van der Waals surface area contributed by atoms with Crippen LogP contribution in [0.3, 0.4) is 0 Å². The molecule has 0 atom stereocenters. The average molecular weight is 353 g/mol. The first-order valence-corrected chi connectivity index (χ1v) is 8.16. The summed E-state index contributed by atoms with van der Waals surface area (Å²) < 4.78 is 15.5. The molecule has 6 heteroatoms. The molecule has 0 radical (unpaired) electrons. The molecule has 0 spiro atoms. The summed E-state index contributed by atoms with van der Waals surface area (Å²) >= 11 is 5.93. The van der Waals surface area contributed by atoms with Crippen molar-refractivity contribution < 1.29 is 4.39 Å². The summed E-state index contributed by atoms with van der Waals surface area (Å²) in [6.45, 7) is 0.585. The van der Waals surface area contributed by atoms with Crippen LogP contribution < -0.4 is 5.32 Å². The predicted molar refractivity (Wildman–Crippen MR) is 97.2 cm³/mol. The number of nitrogens with one attached hydrogen (secondary N) is 1. The van der Waals surface area contributed by atoms with Gasteiger partial charge in [-0.15, -0.1) is 0 Å². The summed E-state index contributed by atoms with van der Waals surface area (Å²) in [7, 11) is 0. The molecular formula is C19H14ClFN4. The maximum Gasteiger partial charge on any atom is 0.235 e. The van der Waals surface area contributed by atoms with Crippen LogP contribution in [-0.4, -0.2) is 14.4 Å². The largest absolute Gasteiger partial charge is 0.365 e. The zero-order valence-electron chi connectivity index (χ0n) is 13.2. The lowest BCUT2D eigenvalue weighted by atomic mass is 10.1. The first kappa shape index (κ1) is 15.6. The fourth-order valence-electron chi connectivity index (χ4n) is 2.68. The van der Waals surface area contributed by atoms with Crippen molar-refractivity contribution in [3.8, 4) is 11.3 Å². The second kappa shape index (κ2) is 6.53. The van der Waals surface area contributed by atoms with E-state index in [-0.39, 0.29) is 5.82 Å². The van der Waals surface area contributed by atoms with Crippen LogP contribution in [0.15, 0.2) is 67.0 Å². The number of halogens is 2. The summed E-state index contributed by atoms with van der Waals surface area (Å²) in [6, 6.07) is 15.8. The van der Waals surface area contributed by atoms with Crippen LogP contribution >= 0.6 is 11.6 Å². The SMILES string of the molecule is Fc1cccc(-c2nc3ncccn3c2NCc2ccc(Cl)cc2)c1. The molecule has 4 nitrogen and oxygen atoms in total. The Bertz CT molecular complexity index is 1030. The van der Waals surface area contributed by atoms with Gasteiger partial charge in [-0.25, -0.2) is 14.4 Å². The van der Waals surface area contributed by atoms with E-state index in [1.165, 1.54) is 12.1 Å². The molecule has 124 valence electrons. The van der Waals surface area contributed by atoms with Gasteiger partial charge in [0.1, 0.15) is 17.3 Å². The van der Waals surface area contributed by atoms with Gasteiger partial charge in [0.2, 0.25) is 5.78 Å². The van der Waals surface area contributed by atoms with Gasteiger partial charge in [0.15, 0.2) is 0 Å². The van der Waals surface area contributed by atoms with E-state index in [0.29, 0.717) is 28.6 Å². The Morgan fingerprint density at radius 3 is 2.72 bits per heavy atom. The fraction of sp³-hybridized carbons (Fsp3) is 0.0526. The van der Waals surface area contributed by atoms with E-state index >= 15 is 0 Å². The second-order valence-electron chi connectivity index (χ2n) is 5.59. The van der Waals surface area contributed by atoms with Gasteiger partial charge in [-0.3, -0.25) is 4.40 Å². The summed E-state index contributed by atoms with van der Waals surface area (Å²) in [6.07, 6.45) is 3.56. The summed E-state index contributed by atoms with van der Waals surface area (Å²) in [5.74, 6) is 1.02. The molecule has 0 saturated carbocycles. The molecule has 0 bridgehead atoms. The lowest BCUT2D eigenvalue weighted by Gasteiger charge is -2.09. The Morgan fingerprint density at radius 1 is 1.08 bits per heavy atom. The Morgan fingerprint density at radius 2 is 1.92 bits per heavy atom. The summed E-state index contributed by atoms with van der Waals surface area (Å²) in [5, 5.41) is 4.08. The third-order valence-electron chi connectivity index (χ3n) is 3.87. The normalized spacial score (nSPS) is 11.0. The van der Waals surface area contributed by atoms with E-state index in [9.17, 15) is 4.39 Å². The van der Waals surface area contributed by atoms with Crippen LogP contribution in [0, 0.1) is 5.82 Å². The third-order valence-corrected chi connectivity index (χ3v) is 4.13. The average Bonchev–Trinajstić information content (AvgIpc) is 3.00. The smallest absolute Gasteiger partial charge is 0.235 e. The first-order valence-electron chi connectivity index (χ1n) is 7.78. The summed E-state index contributed by atoms with van der Waals surface area (Å²) in [5.41, 5.74) is 2.43. The van der Waals surface area contributed by atoms with Crippen molar-refractivity contribution in [2.24, 2.45) is 0 Å². The second-order valence-corrected chi connectivity index (χ2v) is 6.03. The quantitative estimate of drug-likeness (QED) is 0.573. The van der Waals surface area contributed by atoms with Crippen LogP contribution in [0.5, 0.6) is 0 Å². The number of anilines is 1. The maximum absolute atomic E-state index is 13.6. The summed E-state index contributed by atoms with van der Waals surface area (Å²) in [4.78, 5) is 8.83. The first-order chi connectivity index (χ1) is 12.2. The zero-order valence-corrected chi connectivity index (χ0v) is 13.9. The third kappa shape index (κ3) is 3.19. The molecule has 0 aliphatic heterocycles. The minimum Gasteiger partial charge on any atom is -0.365 e. The Labute approximate surface area is 148 Å². The molecule has 0 amide bonds. The van der Waals surface area contributed by atoms with Crippen molar-refractivity contribution in [1.82, 2.24) is 14.4 Å². The molecule has 2 aromatic heterocycles. The van der Waals surface area contributed by atoms with Crippen LogP contribution in [0.4, 0.5) is 10.2 Å². The van der Waals surface area contributed by atoms with Gasteiger partial charge in [-0.2, -0.15) is 0 Å². The van der Waals surface area contributed by atoms with Gasteiger partial charge >= 0.3 is 0 Å². The number of hydrogen-bond acceptors (Lipinski definition) is 3. The minimum absolute atomic E-state index is 0.300. The fourth-order valence-corrected chi connectivity index (χ4v) is 2.81. The standard InChI is InChI=1S/C19H14ClFN4/c20-15-7-5-13(6-8-15)12-23-18-17(14-3-1-4-16(21)11-14)24-19-22-9-2-10-25(18)19/h1-11,23H,12H2. The maximum atomic E-state index is 13.6. The lowest BCUT2D eigenvalue weighted by Crippen LogP contribution is -2.03. The number of rotatable bonds is 4.